The zero-order chi connectivity index (χ0) is 46.0. The third-order valence-electron chi connectivity index (χ3n) is 8.50. The van der Waals surface area contributed by atoms with Gasteiger partial charge in [0.05, 0.1) is 25.9 Å². The smallest absolute Gasteiger partial charge is 0.462 e. The number of rotatable bonds is 40. The van der Waals surface area contributed by atoms with Crippen LogP contribution in [0.4, 0.5) is 0 Å². The van der Waals surface area contributed by atoms with Gasteiger partial charge >= 0.3 is 27.6 Å². The van der Waals surface area contributed by atoms with Crippen molar-refractivity contribution in [3.63, 3.8) is 0 Å². The summed E-state index contributed by atoms with van der Waals surface area (Å²) in [5.74, 6) is -1.16. The average Bonchev–Trinajstić information content (AvgIpc) is 3.22. The number of aliphatic hydroxyl groups excluding tert-OH is 2. The minimum atomic E-state index is -4.88. The third kappa shape index (κ3) is 43.6. The molecule has 0 saturated carbocycles. The van der Waals surface area contributed by atoms with E-state index in [-0.39, 0.29) is 18.9 Å². The molecule has 0 aliphatic heterocycles. The van der Waals surface area contributed by atoms with Gasteiger partial charge in [-0.3, -0.25) is 23.2 Å². The molecule has 62 heavy (non-hydrogen) atoms. The van der Waals surface area contributed by atoms with Crippen LogP contribution < -0.4 is 0 Å². The molecule has 0 aliphatic carbocycles. The average molecular weight is 915 g/mol. The Kier molecular flexibility index (Phi) is 38.8. The summed E-state index contributed by atoms with van der Waals surface area (Å²) in [4.78, 5) is 52.7. The van der Waals surface area contributed by atoms with E-state index in [0.717, 1.165) is 83.5 Å². The van der Waals surface area contributed by atoms with E-state index in [4.69, 9.17) is 23.8 Å². The van der Waals surface area contributed by atoms with Gasteiger partial charge in [-0.1, -0.05) is 130 Å². The van der Waals surface area contributed by atoms with E-state index in [1.807, 2.05) is 24.3 Å². The summed E-state index contributed by atoms with van der Waals surface area (Å²) in [5.41, 5.74) is 0. The molecule has 0 spiro atoms. The molecule has 0 heterocycles. The second-order valence-corrected chi connectivity index (χ2v) is 17.1. The van der Waals surface area contributed by atoms with Crippen molar-refractivity contribution in [3.05, 3.63) is 97.2 Å². The van der Waals surface area contributed by atoms with E-state index in [2.05, 4.69) is 95.8 Å². The minimum Gasteiger partial charge on any atom is -0.462 e. The number of hydrogen-bond acceptors (Lipinski definition) is 11. The lowest BCUT2D eigenvalue weighted by atomic mass is 10.1. The largest absolute Gasteiger partial charge is 0.472 e. The summed E-state index contributed by atoms with van der Waals surface area (Å²) in [6.45, 7) is 1.33. The maximum atomic E-state index is 12.7. The molecule has 4 atom stereocenters. The Morgan fingerprint density at radius 1 is 0.516 bits per heavy atom. The number of phosphoric acid groups is 2. The van der Waals surface area contributed by atoms with Gasteiger partial charge in [-0.2, -0.15) is 0 Å². The highest BCUT2D eigenvalue weighted by atomic mass is 31.2. The Labute approximate surface area is 371 Å². The number of unbranched alkanes of at least 4 members (excludes halogenated alkanes) is 5. The molecule has 16 heteroatoms. The van der Waals surface area contributed by atoms with Crippen LogP contribution in [0.25, 0.3) is 0 Å². The van der Waals surface area contributed by atoms with Crippen molar-refractivity contribution in [1.29, 1.82) is 0 Å². The maximum absolute atomic E-state index is 12.7. The molecule has 14 nitrogen and oxygen atoms in total. The topological polar surface area (TPSA) is 216 Å². The normalized spacial score (nSPS) is 15.4. The fraction of sp³-hybridized carbons (Fsp3) is 0.609. The first-order valence-corrected chi connectivity index (χ1v) is 25.0. The number of phosphoric ester groups is 2. The van der Waals surface area contributed by atoms with E-state index in [9.17, 15) is 33.8 Å². The molecule has 354 valence electrons. The molecule has 0 fully saturated rings. The van der Waals surface area contributed by atoms with Crippen molar-refractivity contribution in [3.8, 4) is 0 Å². The van der Waals surface area contributed by atoms with Crippen LogP contribution in [0.1, 0.15) is 136 Å². The summed E-state index contributed by atoms with van der Waals surface area (Å²) in [6.07, 6.45) is 44.6. The number of allylic oxidation sites excluding steroid dienone is 15. The van der Waals surface area contributed by atoms with Gasteiger partial charge in [0, 0.05) is 12.8 Å². The Bertz CT molecular complexity index is 1480. The third-order valence-corrected chi connectivity index (χ3v) is 9.94. The van der Waals surface area contributed by atoms with Crippen molar-refractivity contribution in [2.75, 3.05) is 26.4 Å². The van der Waals surface area contributed by atoms with Gasteiger partial charge in [0.15, 0.2) is 6.10 Å². The van der Waals surface area contributed by atoms with E-state index in [1.165, 1.54) is 0 Å². The molecule has 2 unspecified atom stereocenters. The second-order valence-electron chi connectivity index (χ2n) is 14.4. The van der Waals surface area contributed by atoms with E-state index in [1.54, 1.807) is 0 Å². The highest BCUT2D eigenvalue weighted by Crippen LogP contribution is 2.43. The molecule has 0 aromatic rings. The number of hydrogen-bond donors (Lipinski definition) is 5. The van der Waals surface area contributed by atoms with Crippen LogP contribution in [-0.2, 0) is 41.8 Å². The molecule has 0 aliphatic rings. The van der Waals surface area contributed by atoms with Crippen molar-refractivity contribution < 1.29 is 66.7 Å². The van der Waals surface area contributed by atoms with Crippen LogP contribution >= 0.6 is 15.6 Å². The van der Waals surface area contributed by atoms with Gasteiger partial charge in [0.25, 0.3) is 0 Å². The van der Waals surface area contributed by atoms with Gasteiger partial charge < -0.3 is 34.4 Å². The Hall–Kier alpha value is -3.00. The summed E-state index contributed by atoms with van der Waals surface area (Å²) >= 11 is 0. The SMILES string of the molecule is CC/C=C\C/C=C\C/C=C\C/C=C\CCCCCCC(=O)OC[C@H](COP(=O)(O)OC[C@@H](O)COP(=O)(O)O)OC(=O)CCC/C=C\C/C=C\C/C=C\C/C=C\CC(O)CCC. The molecule has 5 N–H and O–H groups in total. The van der Waals surface area contributed by atoms with Gasteiger partial charge in [-0.25, -0.2) is 9.13 Å². The molecule has 0 aromatic carbocycles. The zero-order valence-corrected chi connectivity index (χ0v) is 38.8. The van der Waals surface area contributed by atoms with Crippen molar-refractivity contribution in [2.24, 2.45) is 0 Å². The van der Waals surface area contributed by atoms with Crippen LogP contribution in [0.15, 0.2) is 97.2 Å². The first-order chi connectivity index (χ1) is 29.8. The van der Waals surface area contributed by atoms with Gasteiger partial charge in [0.2, 0.25) is 0 Å². The van der Waals surface area contributed by atoms with Crippen LogP contribution in [0, 0.1) is 0 Å². The number of carbonyl (C=O) groups excluding carboxylic acids is 2. The quantitative estimate of drug-likeness (QED) is 0.0167. The minimum absolute atomic E-state index is 0.0292. The monoisotopic (exact) mass is 914 g/mol. The fourth-order valence-corrected chi connectivity index (χ4v) is 6.38. The van der Waals surface area contributed by atoms with Gasteiger partial charge in [-0.15, -0.1) is 0 Å². The highest BCUT2D eigenvalue weighted by molar-refractivity contribution is 7.47. The fourth-order valence-electron chi connectivity index (χ4n) is 5.23. The lowest BCUT2D eigenvalue weighted by Gasteiger charge is -2.20. The van der Waals surface area contributed by atoms with Crippen molar-refractivity contribution in [2.45, 2.75) is 154 Å². The van der Waals surface area contributed by atoms with Crippen molar-refractivity contribution >= 4 is 27.6 Å². The Morgan fingerprint density at radius 3 is 1.53 bits per heavy atom. The van der Waals surface area contributed by atoms with Gasteiger partial charge in [-0.05, 0) is 89.9 Å². The molecular weight excluding hydrogens is 838 g/mol. The predicted octanol–water partition coefficient (Wildman–Crippen LogP) is 10.3. The predicted molar refractivity (Wildman–Crippen MR) is 245 cm³/mol. The van der Waals surface area contributed by atoms with Crippen LogP contribution in [0.2, 0.25) is 0 Å². The molecule has 0 rings (SSSR count). The number of carbonyl (C=O) groups is 2. The van der Waals surface area contributed by atoms with E-state index in [0.29, 0.717) is 25.7 Å². The zero-order valence-electron chi connectivity index (χ0n) is 37.0. The lowest BCUT2D eigenvalue weighted by Crippen LogP contribution is -2.29. The van der Waals surface area contributed by atoms with Gasteiger partial charge in [0.1, 0.15) is 12.7 Å². The Balaban J connectivity index is 4.69. The van der Waals surface area contributed by atoms with E-state index < -0.39 is 66.2 Å². The Morgan fingerprint density at radius 2 is 0.984 bits per heavy atom. The number of esters is 2. The van der Waals surface area contributed by atoms with Crippen molar-refractivity contribution in [1.82, 2.24) is 0 Å². The standard InChI is InChI=1S/C46H76O14P2/c1-3-5-6-7-8-9-10-11-12-13-14-17-20-23-26-29-32-36-45(49)56-40-44(41-59-62(54,55)58-39-43(48)38-57-61(51,52)53)60-46(50)37-33-30-27-24-21-18-15-16-19-22-25-28-31-35-42(47)34-4-2/h5-6,8-9,11-12,14-15,17-19,22,24,27-28,31,42-44,47-48H,3-4,7,10,13,16,20-21,23,25-26,29-30,32-41H2,1-2H3,(H,54,55)(H2,51,52,53)/b6-5-,9-8-,12-11-,17-14-,18-15-,22-19-,27-24-,31-28-/t42?,43-,44+/m0/s1. The first kappa shape index (κ1) is 59.0. The number of ether oxygens (including phenoxy) is 2. The number of aliphatic hydroxyl groups is 2. The molecule has 0 radical (unpaired) electrons. The lowest BCUT2D eigenvalue weighted by molar-refractivity contribution is -0.161. The first-order valence-electron chi connectivity index (χ1n) is 22.0. The molecule has 0 saturated heterocycles. The molecule has 0 aromatic heterocycles. The molecule has 0 amide bonds. The molecular formula is C46H76O14P2. The summed E-state index contributed by atoms with van der Waals surface area (Å²) in [7, 11) is -9.73. The van der Waals surface area contributed by atoms with Crippen LogP contribution in [0.3, 0.4) is 0 Å². The summed E-state index contributed by atoms with van der Waals surface area (Å²) < 4.78 is 47.7. The highest BCUT2D eigenvalue weighted by Gasteiger charge is 2.28. The van der Waals surface area contributed by atoms with E-state index >= 15 is 0 Å². The molecule has 0 bridgehead atoms. The summed E-state index contributed by atoms with van der Waals surface area (Å²) in [6, 6.07) is 0. The van der Waals surface area contributed by atoms with Crippen LogP contribution in [-0.4, -0.2) is 81.6 Å². The second kappa shape index (κ2) is 40.8. The van der Waals surface area contributed by atoms with Crippen LogP contribution in [0.5, 0.6) is 0 Å². The maximum Gasteiger partial charge on any atom is 0.472 e. The summed E-state index contributed by atoms with van der Waals surface area (Å²) in [5, 5.41) is 19.5.